The number of hydrogen-bond donors (Lipinski definition) is 2. The van der Waals surface area contributed by atoms with Crippen molar-refractivity contribution in [1.82, 2.24) is 20.4 Å². The summed E-state index contributed by atoms with van der Waals surface area (Å²) in [6, 6.07) is 4.28. The molecule has 2 fully saturated rings. The number of carbonyl (C=O) groups excluding carboxylic acids is 1. The predicted molar refractivity (Wildman–Crippen MR) is 97.3 cm³/mol. The Hall–Kier alpha value is -2.02. The first-order valence-electron chi connectivity index (χ1n) is 9.25. The summed E-state index contributed by atoms with van der Waals surface area (Å²) in [5.41, 5.74) is 0. The maximum absolute atomic E-state index is 12.0. The zero-order chi connectivity index (χ0) is 17.5. The fraction of sp³-hybridized carbons (Fsp3) is 0.667. The molecule has 0 bridgehead atoms. The normalized spacial score (nSPS) is 22.2. The molecule has 7 heteroatoms. The van der Waals surface area contributed by atoms with E-state index in [4.69, 9.17) is 4.42 Å². The van der Waals surface area contributed by atoms with Crippen molar-refractivity contribution in [3.8, 4) is 0 Å². The van der Waals surface area contributed by atoms with E-state index in [0.29, 0.717) is 12.6 Å². The molecule has 0 aliphatic carbocycles. The van der Waals surface area contributed by atoms with Crippen molar-refractivity contribution in [2.24, 2.45) is 4.99 Å². The lowest BCUT2D eigenvalue weighted by molar-refractivity contribution is -0.120. The van der Waals surface area contributed by atoms with E-state index < -0.39 is 0 Å². The zero-order valence-corrected chi connectivity index (χ0v) is 15.0. The summed E-state index contributed by atoms with van der Waals surface area (Å²) in [5, 5.41) is 6.02. The van der Waals surface area contributed by atoms with Gasteiger partial charge in [0.2, 0.25) is 5.91 Å². The minimum Gasteiger partial charge on any atom is -0.467 e. The summed E-state index contributed by atoms with van der Waals surface area (Å²) in [6.07, 6.45) is 6.78. The van der Waals surface area contributed by atoms with Crippen molar-refractivity contribution in [2.75, 3.05) is 39.8 Å². The number of rotatable bonds is 5. The quantitative estimate of drug-likeness (QED) is 0.615. The van der Waals surface area contributed by atoms with E-state index in [2.05, 4.69) is 25.4 Å². The molecule has 7 nitrogen and oxygen atoms in total. The van der Waals surface area contributed by atoms with Crippen LogP contribution in [0.1, 0.15) is 31.4 Å². The molecule has 3 heterocycles. The van der Waals surface area contributed by atoms with Crippen molar-refractivity contribution >= 4 is 11.9 Å². The highest BCUT2D eigenvalue weighted by Gasteiger charge is 2.30. The molecule has 25 heavy (non-hydrogen) atoms. The number of nitrogens with zero attached hydrogens (tertiary/aromatic N) is 3. The van der Waals surface area contributed by atoms with Gasteiger partial charge in [-0.05, 0) is 44.5 Å². The van der Waals surface area contributed by atoms with Crippen LogP contribution in [0.15, 0.2) is 27.8 Å². The summed E-state index contributed by atoms with van der Waals surface area (Å²) in [6.45, 7) is 5.06. The average molecular weight is 347 g/mol. The minimum absolute atomic E-state index is 0.0654. The highest BCUT2D eigenvalue weighted by molar-refractivity contribution is 5.86. The van der Waals surface area contributed by atoms with Crippen LogP contribution < -0.4 is 10.6 Å². The Morgan fingerprint density at radius 2 is 2.12 bits per heavy atom. The third kappa shape index (κ3) is 4.98. The number of hydrogen-bond acceptors (Lipinski definition) is 4. The lowest BCUT2D eigenvalue weighted by Gasteiger charge is -2.32. The maximum atomic E-state index is 12.0. The molecule has 2 N–H and O–H groups in total. The summed E-state index contributed by atoms with van der Waals surface area (Å²) < 4.78 is 5.21. The molecule has 138 valence electrons. The number of likely N-dealkylation sites (tertiary alicyclic amines) is 2. The first-order chi connectivity index (χ1) is 12.3. The number of carbonyl (C=O) groups is 1. The molecule has 1 aromatic rings. The van der Waals surface area contributed by atoms with Gasteiger partial charge in [-0.3, -0.25) is 14.7 Å². The number of furan rings is 1. The second-order valence-electron chi connectivity index (χ2n) is 6.74. The Bertz CT molecular complexity index is 566. The number of nitrogens with one attached hydrogen (secondary N) is 2. The van der Waals surface area contributed by atoms with E-state index in [-0.39, 0.29) is 12.5 Å². The van der Waals surface area contributed by atoms with Crippen LogP contribution in [0.3, 0.4) is 0 Å². The Morgan fingerprint density at radius 3 is 2.84 bits per heavy atom. The second kappa shape index (κ2) is 8.89. The Labute approximate surface area is 149 Å². The topological polar surface area (TPSA) is 73.1 Å². The molecule has 0 radical (unpaired) electrons. The lowest BCUT2D eigenvalue weighted by atomic mass is 10.1. The van der Waals surface area contributed by atoms with Crippen LogP contribution in [0.2, 0.25) is 0 Å². The van der Waals surface area contributed by atoms with Crippen molar-refractivity contribution in [2.45, 2.75) is 38.3 Å². The molecule has 0 saturated carbocycles. The average Bonchev–Trinajstić information content (AvgIpc) is 3.33. The molecule has 2 saturated heterocycles. The highest BCUT2D eigenvalue weighted by Crippen LogP contribution is 2.20. The number of piperidine rings is 1. The van der Waals surface area contributed by atoms with Gasteiger partial charge >= 0.3 is 0 Å². The van der Waals surface area contributed by atoms with Crippen LogP contribution in [-0.2, 0) is 11.3 Å². The summed E-state index contributed by atoms with van der Waals surface area (Å²) in [4.78, 5) is 21.2. The van der Waals surface area contributed by atoms with Crippen LogP contribution in [0.5, 0.6) is 0 Å². The standard InChI is InChI=1S/C18H29N5O2/c1-19-18(21-13-17(24)20-12-16-6-5-11-25-16)23-10-7-15(14-23)22-8-3-2-4-9-22/h5-6,11,15H,2-4,7-10,12-14H2,1H3,(H,19,21)(H,20,24). The van der Waals surface area contributed by atoms with Gasteiger partial charge in [0.15, 0.2) is 5.96 Å². The van der Waals surface area contributed by atoms with E-state index in [0.717, 1.165) is 24.8 Å². The third-order valence-electron chi connectivity index (χ3n) is 5.03. The predicted octanol–water partition coefficient (Wildman–Crippen LogP) is 1.03. The smallest absolute Gasteiger partial charge is 0.239 e. The molecule has 1 amide bonds. The number of aliphatic imine (C=N–C) groups is 1. The summed E-state index contributed by atoms with van der Waals surface area (Å²) in [7, 11) is 1.78. The first kappa shape index (κ1) is 17.8. The Morgan fingerprint density at radius 1 is 1.28 bits per heavy atom. The molecule has 2 aliphatic heterocycles. The molecule has 1 unspecified atom stereocenters. The monoisotopic (exact) mass is 347 g/mol. The van der Waals surface area contributed by atoms with Crippen molar-refractivity contribution in [3.63, 3.8) is 0 Å². The van der Waals surface area contributed by atoms with Crippen molar-refractivity contribution in [1.29, 1.82) is 0 Å². The van der Waals surface area contributed by atoms with Gasteiger partial charge in [-0.25, -0.2) is 0 Å². The largest absolute Gasteiger partial charge is 0.467 e. The van der Waals surface area contributed by atoms with Crippen LogP contribution in [0, 0.1) is 0 Å². The summed E-state index contributed by atoms with van der Waals surface area (Å²) >= 11 is 0. The van der Waals surface area contributed by atoms with E-state index in [9.17, 15) is 4.79 Å². The third-order valence-corrected chi connectivity index (χ3v) is 5.03. The van der Waals surface area contributed by atoms with E-state index in [1.807, 2.05) is 12.1 Å². The van der Waals surface area contributed by atoms with Gasteiger partial charge in [0, 0.05) is 26.2 Å². The van der Waals surface area contributed by atoms with E-state index in [1.165, 1.54) is 38.8 Å². The molecule has 3 rings (SSSR count). The first-order valence-corrected chi connectivity index (χ1v) is 9.25. The molecule has 2 aliphatic rings. The van der Waals surface area contributed by atoms with Gasteiger partial charge in [-0.15, -0.1) is 0 Å². The molecular weight excluding hydrogens is 318 g/mol. The fourth-order valence-corrected chi connectivity index (χ4v) is 3.67. The van der Waals surface area contributed by atoms with E-state index >= 15 is 0 Å². The van der Waals surface area contributed by atoms with E-state index in [1.54, 1.807) is 13.3 Å². The SMILES string of the molecule is CN=C(NCC(=O)NCc1ccco1)N1CCC(N2CCCCC2)C1. The van der Waals surface area contributed by atoms with Crippen molar-refractivity contribution in [3.05, 3.63) is 24.2 Å². The van der Waals surface area contributed by atoms with Gasteiger partial charge in [0.05, 0.1) is 19.4 Å². The van der Waals surface area contributed by atoms with Crippen LogP contribution >= 0.6 is 0 Å². The van der Waals surface area contributed by atoms with Gasteiger partial charge in [0.1, 0.15) is 5.76 Å². The molecule has 1 atom stereocenters. The fourth-order valence-electron chi connectivity index (χ4n) is 3.67. The minimum atomic E-state index is -0.0654. The summed E-state index contributed by atoms with van der Waals surface area (Å²) in [5.74, 6) is 1.50. The van der Waals surface area contributed by atoms with Gasteiger partial charge in [0.25, 0.3) is 0 Å². The van der Waals surface area contributed by atoms with Gasteiger partial charge < -0.3 is 20.0 Å². The van der Waals surface area contributed by atoms with Crippen molar-refractivity contribution < 1.29 is 9.21 Å². The van der Waals surface area contributed by atoms with Gasteiger partial charge in [-0.1, -0.05) is 6.42 Å². The van der Waals surface area contributed by atoms with Crippen LogP contribution in [-0.4, -0.2) is 67.5 Å². The van der Waals surface area contributed by atoms with Crippen LogP contribution in [0.25, 0.3) is 0 Å². The Balaban J connectivity index is 1.41. The maximum Gasteiger partial charge on any atom is 0.239 e. The Kier molecular flexibility index (Phi) is 6.33. The lowest BCUT2D eigenvalue weighted by Crippen LogP contribution is -2.46. The number of amides is 1. The number of guanidine groups is 1. The highest BCUT2D eigenvalue weighted by atomic mass is 16.3. The van der Waals surface area contributed by atoms with Crippen LogP contribution in [0.4, 0.5) is 0 Å². The molecule has 0 aromatic carbocycles. The molecule has 0 spiro atoms. The second-order valence-corrected chi connectivity index (χ2v) is 6.74. The van der Waals surface area contributed by atoms with Gasteiger partial charge in [-0.2, -0.15) is 0 Å². The molecular formula is C18H29N5O2. The molecule has 1 aromatic heterocycles. The zero-order valence-electron chi connectivity index (χ0n) is 15.0.